The van der Waals surface area contributed by atoms with Gasteiger partial charge in [-0.2, -0.15) is 0 Å². The summed E-state index contributed by atoms with van der Waals surface area (Å²) in [6.45, 7) is 0. The van der Waals surface area contributed by atoms with Crippen LogP contribution in [0.4, 0.5) is 0 Å². The van der Waals surface area contributed by atoms with Gasteiger partial charge in [0.2, 0.25) is 0 Å². The van der Waals surface area contributed by atoms with E-state index < -0.39 is 0 Å². The molecule has 9 aromatic carbocycles. The number of fused-ring (bicyclic) bond motifs is 6. The zero-order chi connectivity index (χ0) is 36.3. The van der Waals surface area contributed by atoms with E-state index in [0.717, 1.165) is 16.8 Å². The van der Waals surface area contributed by atoms with Gasteiger partial charge in [0.15, 0.2) is 0 Å². The molecular weight excluding hydrogens is 683 g/mol. The van der Waals surface area contributed by atoms with Crippen molar-refractivity contribution in [3.05, 3.63) is 200 Å². The number of rotatable bonds is 5. The minimum absolute atomic E-state index is 0.975. The van der Waals surface area contributed by atoms with E-state index in [4.69, 9.17) is 4.98 Å². The standard InChI is InChI=1S/C53H33NS/c1-2-10-34(11-3-1)35-22-24-38(25-23-35)52-43-14-6-8-16-45(43)53(46-17-9-7-15-44(46)52)49-28-26-42(33-54-49)37-20-18-36(19-21-37)41-27-29-50-47(31-41)48-30-39-12-4-5-13-40(39)32-51(48)55-50/h1-33H. The number of pyridine rings is 1. The van der Waals surface area contributed by atoms with Gasteiger partial charge in [-0.3, -0.25) is 4.98 Å². The quantitative estimate of drug-likeness (QED) is 0.162. The Labute approximate surface area is 323 Å². The summed E-state index contributed by atoms with van der Waals surface area (Å²) in [5.74, 6) is 0. The summed E-state index contributed by atoms with van der Waals surface area (Å²) in [5.41, 5.74) is 11.8. The van der Waals surface area contributed by atoms with Crippen LogP contribution >= 0.6 is 11.3 Å². The van der Waals surface area contributed by atoms with Gasteiger partial charge < -0.3 is 0 Å². The maximum atomic E-state index is 5.13. The first-order valence-corrected chi connectivity index (χ1v) is 19.6. The van der Waals surface area contributed by atoms with Crippen LogP contribution in [0.1, 0.15) is 0 Å². The van der Waals surface area contributed by atoms with Crippen LogP contribution in [0.15, 0.2) is 200 Å². The van der Waals surface area contributed by atoms with Gasteiger partial charge in [0.05, 0.1) is 5.69 Å². The van der Waals surface area contributed by atoms with Crippen molar-refractivity contribution < 1.29 is 0 Å². The maximum Gasteiger partial charge on any atom is 0.0714 e. The van der Waals surface area contributed by atoms with Crippen molar-refractivity contribution in [1.29, 1.82) is 0 Å². The largest absolute Gasteiger partial charge is 0.256 e. The Morgan fingerprint density at radius 3 is 1.40 bits per heavy atom. The van der Waals surface area contributed by atoms with Crippen molar-refractivity contribution in [3.63, 3.8) is 0 Å². The summed E-state index contributed by atoms with van der Waals surface area (Å²) in [5, 5.41) is 10.1. The monoisotopic (exact) mass is 715 g/mol. The molecule has 256 valence electrons. The fraction of sp³-hybridized carbons (Fsp3) is 0. The first kappa shape index (κ1) is 31.6. The van der Waals surface area contributed by atoms with E-state index in [9.17, 15) is 0 Å². The number of thiophene rings is 1. The molecule has 0 spiro atoms. The summed E-state index contributed by atoms with van der Waals surface area (Å²) in [6, 6.07) is 70.6. The van der Waals surface area contributed by atoms with Crippen LogP contribution in [-0.4, -0.2) is 4.98 Å². The Hall–Kier alpha value is -6.87. The van der Waals surface area contributed by atoms with Crippen molar-refractivity contribution in [1.82, 2.24) is 4.98 Å². The lowest BCUT2D eigenvalue weighted by Gasteiger charge is -2.17. The topological polar surface area (TPSA) is 12.9 Å². The fourth-order valence-electron chi connectivity index (χ4n) is 8.38. The molecule has 0 aliphatic heterocycles. The lowest BCUT2D eigenvalue weighted by Crippen LogP contribution is -1.92. The maximum absolute atomic E-state index is 5.13. The van der Waals surface area contributed by atoms with Crippen LogP contribution in [0.3, 0.4) is 0 Å². The van der Waals surface area contributed by atoms with Crippen LogP contribution in [-0.2, 0) is 0 Å². The Balaban J connectivity index is 0.940. The second-order valence-electron chi connectivity index (χ2n) is 14.3. The summed E-state index contributed by atoms with van der Waals surface area (Å²) >= 11 is 1.87. The van der Waals surface area contributed by atoms with Crippen LogP contribution in [0.5, 0.6) is 0 Å². The molecule has 0 aliphatic rings. The predicted octanol–water partition coefficient (Wildman–Crippen LogP) is 15.2. The second kappa shape index (κ2) is 12.9. The smallest absolute Gasteiger partial charge is 0.0714 e. The second-order valence-corrected chi connectivity index (χ2v) is 15.4. The van der Waals surface area contributed by atoms with Crippen molar-refractivity contribution in [3.8, 4) is 55.8 Å². The summed E-state index contributed by atoms with van der Waals surface area (Å²) < 4.78 is 2.66. The molecule has 2 heterocycles. The molecule has 0 fully saturated rings. The summed E-state index contributed by atoms with van der Waals surface area (Å²) in [4.78, 5) is 5.13. The molecule has 0 unspecified atom stereocenters. The molecular formula is C53H33NS. The SMILES string of the molecule is c1ccc(-c2ccc(-c3c4ccccc4c(-c4ccc(-c5ccc(-c6ccc7sc8cc9ccccc9cc8c7c6)cc5)cn4)c4ccccc34)cc2)cc1. The minimum Gasteiger partial charge on any atom is -0.256 e. The van der Waals surface area contributed by atoms with Gasteiger partial charge in [0, 0.05) is 37.5 Å². The van der Waals surface area contributed by atoms with Gasteiger partial charge in [-0.1, -0.05) is 164 Å². The molecule has 2 heteroatoms. The van der Waals surface area contributed by atoms with E-state index in [1.54, 1.807) is 0 Å². The molecule has 11 aromatic rings. The van der Waals surface area contributed by atoms with Crippen molar-refractivity contribution in [2.75, 3.05) is 0 Å². The predicted molar refractivity (Wildman–Crippen MR) is 237 cm³/mol. The average molecular weight is 716 g/mol. The van der Waals surface area contributed by atoms with Crippen LogP contribution in [0, 0.1) is 0 Å². The Morgan fingerprint density at radius 1 is 0.291 bits per heavy atom. The highest BCUT2D eigenvalue weighted by Crippen LogP contribution is 2.44. The molecule has 0 amide bonds. The zero-order valence-electron chi connectivity index (χ0n) is 29.9. The van der Waals surface area contributed by atoms with E-state index in [-0.39, 0.29) is 0 Å². The molecule has 0 saturated heterocycles. The third-order valence-electron chi connectivity index (χ3n) is 11.1. The number of hydrogen-bond acceptors (Lipinski definition) is 2. The lowest BCUT2D eigenvalue weighted by atomic mass is 9.87. The number of benzene rings is 9. The summed E-state index contributed by atoms with van der Waals surface area (Å²) in [6.07, 6.45) is 2.03. The number of aromatic nitrogens is 1. The summed E-state index contributed by atoms with van der Waals surface area (Å²) in [7, 11) is 0. The number of hydrogen-bond donors (Lipinski definition) is 0. The van der Waals surface area contributed by atoms with Crippen LogP contribution in [0.25, 0.3) is 108 Å². The Bertz CT molecular complexity index is 3160. The van der Waals surface area contributed by atoms with Gasteiger partial charge >= 0.3 is 0 Å². The van der Waals surface area contributed by atoms with Crippen molar-refractivity contribution in [2.24, 2.45) is 0 Å². The van der Waals surface area contributed by atoms with Gasteiger partial charge in [-0.15, -0.1) is 11.3 Å². The molecule has 0 aliphatic carbocycles. The van der Waals surface area contributed by atoms with E-state index in [2.05, 4.69) is 194 Å². The van der Waals surface area contributed by atoms with Gasteiger partial charge in [0.1, 0.15) is 0 Å². The molecule has 1 nitrogen and oxygen atoms in total. The fourth-order valence-corrected chi connectivity index (χ4v) is 9.50. The van der Waals surface area contributed by atoms with Crippen molar-refractivity contribution >= 4 is 63.8 Å². The van der Waals surface area contributed by atoms with Crippen LogP contribution < -0.4 is 0 Å². The first-order chi connectivity index (χ1) is 27.2. The molecule has 0 N–H and O–H groups in total. The van der Waals surface area contributed by atoms with Gasteiger partial charge in [-0.05, 0) is 102 Å². The molecule has 2 aromatic heterocycles. The third kappa shape index (κ3) is 5.42. The normalized spacial score (nSPS) is 11.6. The van der Waals surface area contributed by atoms with Gasteiger partial charge in [0.25, 0.3) is 0 Å². The Kier molecular flexibility index (Phi) is 7.43. The first-order valence-electron chi connectivity index (χ1n) is 18.8. The lowest BCUT2D eigenvalue weighted by molar-refractivity contribution is 1.34. The molecule has 0 bridgehead atoms. The highest BCUT2D eigenvalue weighted by atomic mass is 32.1. The molecule has 0 radical (unpaired) electrons. The van der Waals surface area contributed by atoms with E-state index in [1.165, 1.54) is 91.4 Å². The highest BCUT2D eigenvalue weighted by Gasteiger charge is 2.17. The van der Waals surface area contributed by atoms with Crippen molar-refractivity contribution in [2.45, 2.75) is 0 Å². The van der Waals surface area contributed by atoms with Gasteiger partial charge in [-0.25, -0.2) is 0 Å². The van der Waals surface area contributed by atoms with E-state index in [1.807, 2.05) is 17.5 Å². The van der Waals surface area contributed by atoms with E-state index >= 15 is 0 Å². The zero-order valence-corrected chi connectivity index (χ0v) is 30.7. The highest BCUT2D eigenvalue weighted by molar-refractivity contribution is 7.25. The van der Waals surface area contributed by atoms with Crippen LogP contribution in [0.2, 0.25) is 0 Å². The molecule has 0 saturated carbocycles. The molecule has 11 rings (SSSR count). The van der Waals surface area contributed by atoms with E-state index in [0.29, 0.717) is 0 Å². The average Bonchev–Trinajstić information content (AvgIpc) is 3.62. The molecule has 0 atom stereocenters. The third-order valence-corrected chi connectivity index (χ3v) is 12.3. The molecule has 55 heavy (non-hydrogen) atoms. The number of nitrogens with zero attached hydrogens (tertiary/aromatic N) is 1. The Morgan fingerprint density at radius 2 is 0.764 bits per heavy atom. The minimum atomic E-state index is 0.975.